The lowest BCUT2D eigenvalue weighted by Gasteiger charge is -2.11. The summed E-state index contributed by atoms with van der Waals surface area (Å²) in [6, 6.07) is 2.09. The molecule has 0 spiro atoms. The van der Waals surface area contributed by atoms with Crippen LogP contribution in [0.1, 0.15) is 30.9 Å². The van der Waals surface area contributed by atoms with Gasteiger partial charge in [-0.15, -0.1) is 0 Å². The first-order chi connectivity index (χ1) is 18.6. The van der Waals surface area contributed by atoms with E-state index in [1.54, 1.807) is 5.10 Å². The fourth-order valence-corrected chi connectivity index (χ4v) is 3.37. The van der Waals surface area contributed by atoms with Gasteiger partial charge in [-0.3, -0.25) is 14.2 Å². The predicted molar refractivity (Wildman–Crippen MR) is 123 cm³/mol. The van der Waals surface area contributed by atoms with Crippen LogP contribution in [0.4, 0.5) is 35.1 Å². The molecule has 9 nitrogen and oxygen atoms in total. The van der Waals surface area contributed by atoms with Crippen molar-refractivity contribution in [1.29, 1.82) is 0 Å². The molecule has 0 bridgehead atoms. The van der Waals surface area contributed by atoms with Gasteiger partial charge >= 0.3 is 12.4 Å². The quantitative estimate of drug-likeness (QED) is 0.331. The van der Waals surface area contributed by atoms with Gasteiger partial charge in [0.25, 0.3) is 11.1 Å². The monoisotopic (exact) mass is 578 g/mol. The molecule has 214 valence electrons. The van der Waals surface area contributed by atoms with Crippen LogP contribution in [0.2, 0.25) is 0 Å². The Balaban J connectivity index is 0.000000307. The SMILES string of the molecule is CCCC(F)Cn1cnc2cc(-c3ncc(C(F)(F)F)cn3)c(F)cc2c1=O.O=c1[nH]ncc(O)c1C(F)(F)F. The highest BCUT2D eigenvalue weighted by Gasteiger charge is 2.37. The molecule has 0 radical (unpaired) electrons. The molecule has 0 amide bonds. The van der Waals surface area contributed by atoms with Crippen LogP contribution in [0.3, 0.4) is 0 Å². The maximum atomic E-state index is 14.5. The first-order valence-corrected chi connectivity index (χ1v) is 11.2. The molecule has 3 aromatic heterocycles. The summed E-state index contributed by atoms with van der Waals surface area (Å²) in [5.41, 5.74) is -4.85. The molecule has 4 aromatic rings. The van der Waals surface area contributed by atoms with E-state index in [0.717, 1.165) is 17.0 Å². The molecule has 1 atom stereocenters. The first kappa shape index (κ1) is 30.1. The second-order valence-electron chi connectivity index (χ2n) is 8.19. The van der Waals surface area contributed by atoms with E-state index >= 15 is 0 Å². The third-order valence-corrected chi connectivity index (χ3v) is 5.25. The zero-order chi connectivity index (χ0) is 29.8. The van der Waals surface area contributed by atoms with Crippen LogP contribution in [0.15, 0.2) is 46.6 Å². The average Bonchev–Trinajstić information content (AvgIpc) is 2.85. The number of hydrogen-bond donors (Lipinski definition) is 2. The normalized spacial score (nSPS) is 12.6. The highest BCUT2D eigenvalue weighted by atomic mass is 19.4. The van der Waals surface area contributed by atoms with Gasteiger partial charge in [0.05, 0.1) is 41.1 Å². The summed E-state index contributed by atoms with van der Waals surface area (Å²) in [5, 5.41) is 13.1. The molecule has 17 heteroatoms. The van der Waals surface area contributed by atoms with E-state index in [2.05, 4.69) is 20.1 Å². The zero-order valence-electron chi connectivity index (χ0n) is 20.2. The molecule has 40 heavy (non-hydrogen) atoms. The van der Waals surface area contributed by atoms with Crippen LogP contribution in [0.5, 0.6) is 5.75 Å². The Labute approximate surface area is 218 Å². The van der Waals surface area contributed by atoms with Crippen molar-refractivity contribution in [2.45, 2.75) is 44.8 Å². The third kappa shape index (κ3) is 6.95. The van der Waals surface area contributed by atoms with E-state index in [4.69, 9.17) is 5.11 Å². The molecule has 4 rings (SSSR count). The Bertz CT molecular complexity index is 1600. The molecule has 1 aromatic carbocycles. The van der Waals surface area contributed by atoms with Crippen molar-refractivity contribution in [2.75, 3.05) is 0 Å². The summed E-state index contributed by atoms with van der Waals surface area (Å²) >= 11 is 0. The highest BCUT2D eigenvalue weighted by molar-refractivity contribution is 5.82. The molecule has 0 aliphatic heterocycles. The number of aromatic amines is 1. The van der Waals surface area contributed by atoms with Crippen LogP contribution in [-0.2, 0) is 18.9 Å². The van der Waals surface area contributed by atoms with Crippen LogP contribution in [-0.4, -0.2) is 41.0 Å². The minimum Gasteiger partial charge on any atom is -0.505 e. The molecule has 0 fully saturated rings. The number of aromatic hydroxyl groups is 1. The molecular weight excluding hydrogens is 560 g/mol. The number of fused-ring (bicyclic) bond motifs is 1. The topological polar surface area (TPSA) is 127 Å². The Hall–Kier alpha value is -4.44. The van der Waals surface area contributed by atoms with Gasteiger partial charge < -0.3 is 5.11 Å². The number of nitrogens with one attached hydrogen (secondary N) is 1. The maximum Gasteiger partial charge on any atom is 0.425 e. The molecule has 0 aliphatic rings. The second kappa shape index (κ2) is 11.7. The lowest BCUT2D eigenvalue weighted by molar-refractivity contribution is -0.140. The number of halogens is 8. The van der Waals surface area contributed by atoms with Gasteiger partial charge in [0.1, 0.15) is 12.0 Å². The largest absolute Gasteiger partial charge is 0.505 e. The lowest BCUT2D eigenvalue weighted by atomic mass is 10.1. The molecule has 0 aliphatic carbocycles. The van der Waals surface area contributed by atoms with E-state index in [-0.39, 0.29) is 35.3 Å². The lowest BCUT2D eigenvalue weighted by Crippen LogP contribution is -2.25. The first-order valence-electron chi connectivity index (χ1n) is 11.2. The van der Waals surface area contributed by atoms with Gasteiger partial charge in [-0.1, -0.05) is 13.3 Å². The van der Waals surface area contributed by atoms with Crippen LogP contribution >= 0.6 is 0 Å². The van der Waals surface area contributed by atoms with Crippen molar-refractivity contribution in [1.82, 2.24) is 29.7 Å². The maximum absolute atomic E-state index is 14.5. The number of nitrogens with zero attached hydrogens (tertiary/aromatic N) is 5. The van der Waals surface area contributed by atoms with Gasteiger partial charge in [-0.2, -0.15) is 31.4 Å². The molecular formula is C23H18F8N6O3. The minimum absolute atomic E-state index is 0.0700. The van der Waals surface area contributed by atoms with Gasteiger partial charge in [0.15, 0.2) is 17.1 Å². The van der Waals surface area contributed by atoms with Gasteiger partial charge in [-0.05, 0) is 18.6 Å². The Morgan fingerprint density at radius 1 is 1.00 bits per heavy atom. The molecule has 0 saturated carbocycles. The number of benzene rings is 1. The zero-order valence-corrected chi connectivity index (χ0v) is 20.2. The van der Waals surface area contributed by atoms with E-state index in [9.17, 15) is 44.7 Å². The van der Waals surface area contributed by atoms with Crippen LogP contribution in [0, 0.1) is 5.82 Å². The number of H-pyrrole nitrogens is 1. The summed E-state index contributed by atoms with van der Waals surface area (Å²) in [5.74, 6) is -2.34. The molecule has 3 heterocycles. The average molecular weight is 578 g/mol. The fraction of sp³-hybridized carbons (Fsp3) is 0.304. The molecule has 1 unspecified atom stereocenters. The number of alkyl halides is 7. The van der Waals surface area contributed by atoms with Gasteiger partial charge in [0, 0.05) is 12.4 Å². The van der Waals surface area contributed by atoms with Crippen molar-refractivity contribution in [3.8, 4) is 17.1 Å². The summed E-state index contributed by atoms with van der Waals surface area (Å²) in [7, 11) is 0. The number of hydrogen-bond acceptors (Lipinski definition) is 7. The Morgan fingerprint density at radius 2 is 1.65 bits per heavy atom. The van der Waals surface area contributed by atoms with Crippen molar-refractivity contribution < 1.29 is 40.2 Å². The summed E-state index contributed by atoms with van der Waals surface area (Å²) in [4.78, 5) is 34.1. The van der Waals surface area contributed by atoms with Gasteiger partial charge in [-0.25, -0.2) is 28.8 Å². The Kier molecular flexibility index (Phi) is 8.84. The Morgan fingerprint density at radius 3 is 2.17 bits per heavy atom. The highest BCUT2D eigenvalue weighted by Crippen LogP contribution is 2.32. The van der Waals surface area contributed by atoms with E-state index in [1.165, 1.54) is 6.07 Å². The van der Waals surface area contributed by atoms with Crippen molar-refractivity contribution in [3.63, 3.8) is 0 Å². The van der Waals surface area contributed by atoms with E-state index < -0.39 is 52.3 Å². The standard InChI is InChI=1S/C18H15F5N4O.C5H3F3N2O2/c1-2-3-11(19)8-27-9-26-15-5-12(14(20)4-13(15)17(27)28)16-24-6-10(7-25-16)18(21,22)23;6-5(7,8)3-2(11)1-9-10-4(3)12/h4-7,9,11H,2-3,8H2,1H3;1H,(H2,10,11,12). The second-order valence-corrected chi connectivity index (χ2v) is 8.19. The molecule has 0 saturated heterocycles. The smallest absolute Gasteiger partial charge is 0.425 e. The molecule has 2 N–H and O–H groups in total. The number of aromatic nitrogens is 6. The van der Waals surface area contributed by atoms with Crippen molar-refractivity contribution >= 4 is 10.9 Å². The van der Waals surface area contributed by atoms with Crippen LogP contribution < -0.4 is 11.1 Å². The third-order valence-electron chi connectivity index (χ3n) is 5.25. The number of rotatable bonds is 5. The summed E-state index contributed by atoms with van der Waals surface area (Å²) in [6.07, 6.45) is -7.04. The van der Waals surface area contributed by atoms with Gasteiger partial charge in [0.2, 0.25) is 0 Å². The van der Waals surface area contributed by atoms with Crippen molar-refractivity contribution in [2.24, 2.45) is 0 Å². The summed E-state index contributed by atoms with van der Waals surface area (Å²) in [6.45, 7) is 1.62. The van der Waals surface area contributed by atoms with E-state index in [1.807, 2.05) is 6.92 Å². The van der Waals surface area contributed by atoms with E-state index in [0.29, 0.717) is 25.0 Å². The minimum atomic E-state index is -4.86. The van der Waals surface area contributed by atoms with Crippen molar-refractivity contribution in [3.05, 3.63) is 74.7 Å². The fourth-order valence-electron chi connectivity index (χ4n) is 3.37. The van der Waals surface area contributed by atoms with Crippen LogP contribution in [0.25, 0.3) is 22.3 Å². The predicted octanol–water partition coefficient (Wildman–Crippen LogP) is 4.64. The summed E-state index contributed by atoms with van der Waals surface area (Å²) < 4.78 is 103.